The molecule has 0 aliphatic heterocycles. The van der Waals surface area contributed by atoms with E-state index in [2.05, 4.69) is 4.98 Å². The van der Waals surface area contributed by atoms with Gasteiger partial charge in [0, 0.05) is 6.20 Å². The molecule has 0 N–H and O–H groups in total. The highest BCUT2D eigenvalue weighted by Crippen LogP contribution is 2.36. The van der Waals surface area contributed by atoms with E-state index in [1.807, 2.05) is 6.07 Å². The lowest BCUT2D eigenvalue weighted by Gasteiger charge is -2.21. The van der Waals surface area contributed by atoms with E-state index in [0.717, 1.165) is 43.4 Å². The summed E-state index contributed by atoms with van der Waals surface area (Å²) in [5.41, 5.74) is 0.145. The smallest absolute Gasteiger partial charge is 0.352 e. The molecule has 7 nitrogen and oxygen atoms in total. The van der Waals surface area contributed by atoms with Crippen LogP contribution < -0.4 is 10.3 Å². The van der Waals surface area contributed by atoms with Gasteiger partial charge in [-0.1, -0.05) is 12.5 Å². The summed E-state index contributed by atoms with van der Waals surface area (Å²) < 4.78 is 12.5. The van der Waals surface area contributed by atoms with Gasteiger partial charge in [0.1, 0.15) is 28.0 Å². The van der Waals surface area contributed by atoms with Gasteiger partial charge in [0.2, 0.25) is 0 Å². The van der Waals surface area contributed by atoms with Crippen LogP contribution in [0.1, 0.15) is 41.8 Å². The van der Waals surface area contributed by atoms with Gasteiger partial charge in [0.15, 0.2) is 17.2 Å². The van der Waals surface area contributed by atoms with Crippen LogP contribution in [0.25, 0.3) is 15.9 Å². The number of pyridine rings is 1. The number of esters is 1. The van der Waals surface area contributed by atoms with Gasteiger partial charge in [0.05, 0.1) is 0 Å². The van der Waals surface area contributed by atoms with E-state index in [1.54, 1.807) is 24.4 Å². The molecule has 0 bridgehead atoms. The van der Waals surface area contributed by atoms with Crippen LogP contribution in [-0.4, -0.2) is 28.1 Å². The predicted molar refractivity (Wildman–Crippen MR) is 100 cm³/mol. The fourth-order valence-electron chi connectivity index (χ4n) is 3.36. The van der Waals surface area contributed by atoms with E-state index in [9.17, 15) is 9.59 Å². The Bertz CT molecular complexity index is 1110. The van der Waals surface area contributed by atoms with Crippen LogP contribution in [0.15, 0.2) is 29.2 Å². The Hall–Kier alpha value is -2.92. The van der Waals surface area contributed by atoms with Crippen LogP contribution in [0.4, 0.5) is 0 Å². The normalized spacial score (nSPS) is 14.9. The maximum absolute atomic E-state index is 12.9. The first-order chi connectivity index (χ1) is 13.2. The molecule has 0 unspecified atom stereocenters. The minimum Gasteiger partial charge on any atom is -0.476 e. The first-order valence-corrected chi connectivity index (χ1v) is 9.65. The highest BCUT2D eigenvalue weighted by molar-refractivity contribution is 7.20. The minimum atomic E-state index is -0.522. The molecule has 138 valence electrons. The molecular weight excluding hydrogens is 366 g/mol. The number of rotatable bonds is 4. The van der Waals surface area contributed by atoms with Gasteiger partial charge in [0.25, 0.3) is 5.56 Å². The number of thiophene rings is 1. The van der Waals surface area contributed by atoms with Crippen molar-refractivity contribution in [1.29, 1.82) is 5.26 Å². The third-order valence-corrected chi connectivity index (χ3v) is 5.67. The second-order valence-corrected chi connectivity index (χ2v) is 7.40. The quantitative estimate of drug-likeness (QED) is 0.642. The first kappa shape index (κ1) is 17.5. The third-order valence-electron chi connectivity index (χ3n) is 4.63. The van der Waals surface area contributed by atoms with E-state index in [1.165, 1.54) is 4.40 Å². The van der Waals surface area contributed by atoms with Crippen molar-refractivity contribution in [3.05, 3.63) is 39.6 Å². The van der Waals surface area contributed by atoms with Crippen molar-refractivity contribution in [2.24, 2.45) is 0 Å². The molecule has 1 aliphatic rings. The zero-order valence-corrected chi connectivity index (χ0v) is 15.3. The number of nitrogens with zero attached hydrogens (tertiary/aromatic N) is 3. The summed E-state index contributed by atoms with van der Waals surface area (Å²) in [6, 6.07) is 7.10. The summed E-state index contributed by atoms with van der Waals surface area (Å²) in [5.74, 6) is -0.431. The van der Waals surface area contributed by atoms with E-state index < -0.39 is 5.97 Å². The average Bonchev–Trinajstić information content (AvgIpc) is 3.06. The van der Waals surface area contributed by atoms with E-state index >= 15 is 0 Å². The van der Waals surface area contributed by atoms with Crippen molar-refractivity contribution in [2.45, 2.75) is 38.2 Å². The second kappa shape index (κ2) is 7.37. The van der Waals surface area contributed by atoms with Gasteiger partial charge < -0.3 is 9.47 Å². The molecule has 0 aromatic carbocycles. The monoisotopic (exact) mass is 383 g/mol. The maximum Gasteiger partial charge on any atom is 0.352 e. The van der Waals surface area contributed by atoms with Crippen molar-refractivity contribution < 1.29 is 14.3 Å². The lowest BCUT2D eigenvalue weighted by Crippen LogP contribution is -2.21. The van der Waals surface area contributed by atoms with E-state index in [4.69, 9.17) is 14.7 Å². The zero-order valence-electron chi connectivity index (χ0n) is 14.5. The molecule has 27 heavy (non-hydrogen) atoms. The largest absolute Gasteiger partial charge is 0.476 e. The molecule has 1 aliphatic carbocycles. The molecule has 1 fully saturated rings. The van der Waals surface area contributed by atoms with Crippen molar-refractivity contribution in [3.63, 3.8) is 0 Å². The fourth-order valence-corrected chi connectivity index (χ4v) is 4.36. The zero-order chi connectivity index (χ0) is 18.8. The number of carbonyl (C=O) groups is 1. The van der Waals surface area contributed by atoms with Crippen LogP contribution in [-0.2, 0) is 4.74 Å². The van der Waals surface area contributed by atoms with Gasteiger partial charge in [-0.05, 0) is 37.8 Å². The first-order valence-electron chi connectivity index (χ1n) is 8.83. The summed E-state index contributed by atoms with van der Waals surface area (Å²) in [7, 11) is 0. The van der Waals surface area contributed by atoms with Crippen LogP contribution in [0.2, 0.25) is 0 Å². The SMILES string of the molecule is N#CCOc1c(C(=O)OC2CCCCC2)sc2nc3ccccn3c(=O)c12. The van der Waals surface area contributed by atoms with Gasteiger partial charge >= 0.3 is 5.97 Å². The van der Waals surface area contributed by atoms with Crippen molar-refractivity contribution in [1.82, 2.24) is 9.38 Å². The summed E-state index contributed by atoms with van der Waals surface area (Å²) in [6.07, 6.45) is 6.41. The lowest BCUT2D eigenvalue weighted by atomic mass is 9.98. The molecule has 3 aromatic rings. The summed E-state index contributed by atoms with van der Waals surface area (Å²) in [6.45, 7) is -0.271. The Labute approximate surface area is 158 Å². The number of hydrogen-bond acceptors (Lipinski definition) is 7. The Kier molecular flexibility index (Phi) is 4.77. The average molecular weight is 383 g/mol. The van der Waals surface area contributed by atoms with Gasteiger partial charge in [-0.2, -0.15) is 5.26 Å². The molecule has 0 amide bonds. The molecule has 0 spiro atoms. The number of hydrogen-bond donors (Lipinski definition) is 0. The molecule has 3 heterocycles. The standard InChI is InChI=1S/C19H17N3O4S/c20-9-11-25-15-14-17(21-13-8-4-5-10-22(13)18(14)23)27-16(15)19(24)26-12-6-2-1-3-7-12/h4-5,8,10,12H,1-3,6-7,11H2. The number of aromatic nitrogens is 2. The van der Waals surface area contributed by atoms with Crippen molar-refractivity contribution in [3.8, 4) is 11.8 Å². The number of nitriles is 1. The molecule has 4 rings (SSSR count). The molecule has 0 saturated heterocycles. The van der Waals surface area contributed by atoms with E-state index in [0.29, 0.717) is 10.5 Å². The fraction of sp³-hybridized carbons (Fsp3) is 0.368. The second-order valence-electron chi connectivity index (χ2n) is 6.40. The Morgan fingerprint density at radius 1 is 1.33 bits per heavy atom. The lowest BCUT2D eigenvalue weighted by molar-refractivity contribution is 0.0214. The number of carbonyl (C=O) groups excluding carboxylic acids is 1. The third kappa shape index (κ3) is 3.26. The molecule has 0 radical (unpaired) electrons. The maximum atomic E-state index is 12.9. The molecular formula is C19H17N3O4S. The molecule has 0 atom stereocenters. The number of fused-ring (bicyclic) bond motifs is 2. The Morgan fingerprint density at radius 2 is 2.15 bits per heavy atom. The van der Waals surface area contributed by atoms with Crippen molar-refractivity contribution in [2.75, 3.05) is 6.61 Å². The summed E-state index contributed by atoms with van der Waals surface area (Å²) in [4.78, 5) is 30.7. The van der Waals surface area contributed by atoms with E-state index in [-0.39, 0.29) is 34.3 Å². The number of ether oxygens (including phenoxy) is 2. The summed E-state index contributed by atoms with van der Waals surface area (Å²) >= 11 is 1.07. The Balaban J connectivity index is 1.82. The molecule has 1 saturated carbocycles. The molecule has 3 aromatic heterocycles. The van der Waals surface area contributed by atoms with Crippen molar-refractivity contribution >= 4 is 33.2 Å². The molecule has 8 heteroatoms. The van der Waals surface area contributed by atoms with Crippen LogP contribution in [0.3, 0.4) is 0 Å². The minimum absolute atomic E-state index is 0.0908. The van der Waals surface area contributed by atoms with Crippen LogP contribution in [0, 0.1) is 11.3 Å². The topological polar surface area (TPSA) is 93.7 Å². The Morgan fingerprint density at radius 3 is 2.93 bits per heavy atom. The van der Waals surface area contributed by atoms with Crippen LogP contribution >= 0.6 is 11.3 Å². The van der Waals surface area contributed by atoms with Gasteiger partial charge in [-0.15, -0.1) is 11.3 Å². The summed E-state index contributed by atoms with van der Waals surface area (Å²) in [5, 5.41) is 9.09. The highest BCUT2D eigenvalue weighted by atomic mass is 32.1. The van der Waals surface area contributed by atoms with Crippen LogP contribution in [0.5, 0.6) is 5.75 Å². The predicted octanol–water partition coefficient (Wildman–Crippen LogP) is 3.30. The van der Waals surface area contributed by atoms with Gasteiger partial charge in [-0.3, -0.25) is 9.20 Å². The van der Waals surface area contributed by atoms with Gasteiger partial charge in [-0.25, -0.2) is 9.78 Å². The highest BCUT2D eigenvalue weighted by Gasteiger charge is 2.27.